The molecule has 1 atom stereocenters. The van der Waals surface area contributed by atoms with Crippen molar-refractivity contribution in [3.8, 4) is 0 Å². The molecule has 56 heavy (non-hydrogen) atoms. The molecule has 2 aliphatic carbocycles. The Kier molecular flexibility index (Phi) is 11.8. The zero-order valence-electron chi connectivity index (χ0n) is 32.6. The summed E-state index contributed by atoms with van der Waals surface area (Å²) >= 11 is 0. The number of hydrogen-bond donors (Lipinski definition) is 2. The highest BCUT2D eigenvalue weighted by molar-refractivity contribution is 5.84. The number of imidazole rings is 1. The standard InChI is InChI=1S/C47H55F4N5/c1-30-17-25-44(32(3)52-30)55-33(4)41-24-20-36(27-42(41)34(55)5)14-11-9-7-6-8-10-13-35-18-22-40(23-19-35)56-45-26-21-39(48)29-43(45)54-46(56)53-31(2)37-15-12-16-38(28-37)47(49,50)51/h15,20-21,24,26-29,35,40,44,52H,1-14,16-19,22-23,25H2,(H,53,54). The van der Waals surface area contributed by atoms with Gasteiger partial charge in [0.25, 0.3) is 0 Å². The Labute approximate surface area is 328 Å². The Balaban J connectivity index is 0.855. The molecule has 4 aromatic rings. The van der Waals surface area contributed by atoms with Crippen molar-refractivity contribution in [2.45, 2.75) is 121 Å². The molecule has 7 rings (SSSR count). The third-order valence-electron chi connectivity index (χ3n) is 12.3. The highest BCUT2D eigenvalue weighted by atomic mass is 19.4. The molecule has 0 bridgehead atoms. The van der Waals surface area contributed by atoms with E-state index in [1.54, 1.807) is 12.1 Å². The molecule has 5 nitrogen and oxygen atoms in total. The van der Waals surface area contributed by atoms with Crippen molar-refractivity contribution in [3.05, 3.63) is 119 Å². The fourth-order valence-corrected chi connectivity index (χ4v) is 9.21. The smallest absolute Gasteiger partial charge is 0.362 e. The topological polar surface area (TPSA) is 46.8 Å². The SMILES string of the molecule is C=C1CCC(n2c(=C)c3ccc(CCCCCCCCC4CCC(n5c(NC(=C)C6=CCCC(C(F)(F)F)=C6)nc6cc(F)ccc65)CC4)cc3c2=C)C(=C)N1. The zero-order valence-corrected chi connectivity index (χ0v) is 32.6. The van der Waals surface area contributed by atoms with Crippen molar-refractivity contribution >= 4 is 40.9 Å². The van der Waals surface area contributed by atoms with Gasteiger partial charge in [0.1, 0.15) is 5.82 Å². The highest BCUT2D eigenvalue weighted by Gasteiger charge is 2.34. The van der Waals surface area contributed by atoms with Crippen LogP contribution in [0.15, 0.2) is 96.5 Å². The predicted molar refractivity (Wildman–Crippen MR) is 223 cm³/mol. The number of rotatable bonds is 14. The number of allylic oxidation sites excluding steroid dienone is 5. The van der Waals surface area contributed by atoms with Crippen molar-refractivity contribution < 1.29 is 17.6 Å². The normalized spacial score (nSPS) is 20.6. The number of unbranched alkanes of at least 4 members (excludes halogenated alkanes) is 5. The van der Waals surface area contributed by atoms with Crippen LogP contribution in [0.5, 0.6) is 0 Å². The Morgan fingerprint density at radius 2 is 1.57 bits per heavy atom. The van der Waals surface area contributed by atoms with E-state index in [4.69, 9.17) is 0 Å². The number of nitrogens with one attached hydrogen (secondary N) is 2. The van der Waals surface area contributed by atoms with E-state index in [0.717, 1.165) is 72.6 Å². The molecule has 2 aromatic carbocycles. The van der Waals surface area contributed by atoms with Crippen LogP contribution in [0.4, 0.5) is 23.5 Å². The van der Waals surface area contributed by atoms with Gasteiger partial charge < -0.3 is 19.8 Å². The molecule has 2 fully saturated rings. The summed E-state index contributed by atoms with van der Waals surface area (Å²) < 4.78 is 58.9. The van der Waals surface area contributed by atoms with Crippen molar-refractivity contribution in [3.63, 3.8) is 0 Å². The number of piperidine rings is 1. The Hall–Kier alpha value is -4.79. The fraction of sp³-hybridized carbons (Fsp3) is 0.426. The van der Waals surface area contributed by atoms with E-state index >= 15 is 0 Å². The number of hydrogen-bond acceptors (Lipinski definition) is 3. The van der Waals surface area contributed by atoms with Gasteiger partial charge in [-0.15, -0.1) is 0 Å². The molecule has 2 aromatic heterocycles. The number of halogens is 4. The first-order chi connectivity index (χ1) is 26.9. The Bertz CT molecular complexity index is 2300. The largest absolute Gasteiger partial charge is 0.412 e. The second kappa shape index (κ2) is 16.7. The van der Waals surface area contributed by atoms with Crippen LogP contribution in [-0.2, 0) is 6.42 Å². The van der Waals surface area contributed by atoms with E-state index in [-0.39, 0.29) is 24.3 Å². The number of nitrogens with zero attached hydrogens (tertiary/aromatic N) is 3. The maximum absolute atomic E-state index is 14.2. The van der Waals surface area contributed by atoms with Crippen molar-refractivity contribution in [1.29, 1.82) is 0 Å². The van der Waals surface area contributed by atoms with Crippen molar-refractivity contribution in [1.82, 2.24) is 19.4 Å². The van der Waals surface area contributed by atoms with Crippen LogP contribution in [0.2, 0.25) is 0 Å². The molecule has 1 unspecified atom stereocenters. The summed E-state index contributed by atoms with van der Waals surface area (Å²) in [6.45, 7) is 21.2. The summed E-state index contributed by atoms with van der Waals surface area (Å²) in [5.41, 5.74) is 4.88. The Morgan fingerprint density at radius 1 is 0.839 bits per heavy atom. The average molecular weight is 766 g/mol. The third kappa shape index (κ3) is 8.62. The minimum Gasteiger partial charge on any atom is -0.362 e. The Morgan fingerprint density at radius 3 is 2.32 bits per heavy atom. The highest BCUT2D eigenvalue weighted by Crippen LogP contribution is 2.40. The molecule has 296 valence electrons. The molecule has 0 amide bonds. The molecule has 3 heterocycles. The minimum atomic E-state index is -4.37. The molecule has 0 spiro atoms. The lowest BCUT2D eigenvalue weighted by molar-refractivity contribution is -0.0941. The van der Waals surface area contributed by atoms with Crippen LogP contribution >= 0.6 is 0 Å². The monoisotopic (exact) mass is 765 g/mol. The van der Waals surface area contributed by atoms with Gasteiger partial charge in [-0.05, 0) is 106 Å². The first-order valence-corrected chi connectivity index (χ1v) is 20.4. The summed E-state index contributed by atoms with van der Waals surface area (Å²) in [6, 6.07) is 11.7. The summed E-state index contributed by atoms with van der Waals surface area (Å²) in [4.78, 5) is 4.69. The second-order valence-corrected chi connectivity index (χ2v) is 16.2. The molecule has 3 aliphatic rings. The predicted octanol–water partition coefficient (Wildman–Crippen LogP) is 11.7. The summed E-state index contributed by atoms with van der Waals surface area (Å²) in [5.74, 6) is 0.801. The van der Waals surface area contributed by atoms with E-state index in [9.17, 15) is 17.6 Å². The lowest BCUT2D eigenvalue weighted by Gasteiger charge is -2.31. The third-order valence-corrected chi connectivity index (χ3v) is 12.3. The van der Waals surface area contributed by atoms with Gasteiger partial charge in [-0.2, -0.15) is 13.2 Å². The summed E-state index contributed by atoms with van der Waals surface area (Å²) in [7, 11) is 0. The van der Waals surface area contributed by atoms with Crippen LogP contribution in [-0.4, -0.2) is 20.3 Å². The number of benzene rings is 2. The zero-order chi connectivity index (χ0) is 39.6. The van der Waals surface area contributed by atoms with Crippen LogP contribution < -0.4 is 21.3 Å². The van der Waals surface area contributed by atoms with Crippen LogP contribution in [0, 0.1) is 11.7 Å². The van der Waals surface area contributed by atoms with Gasteiger partial charge in [0.15, 0.2) is 0 Å². The lowest BCUT2D eigenvalue weighted by Crippen LogP contribution is -2.36. The summed E-state index contributed by atoms with van der Waals surface area (Å²) in [6.07, 6.45) is 14.5. The van der Waals surface area contributed by atoms with Gasteiger partial charge >= 0.3 is 6.18 Å². The fourth-order valence-electron chi connectivity index (χ4n) is 9.21. The van der Waals surface area contributed by atoms with Gasteiger partial charge in [0.2, 0.25) is 5.95 Å². The van der Waals surface area contributed by atoms with Crippen LogP contribution in [0.3, 0.4) is 0 Å². The molecular formula is C47H55F4N5. The van der Waals surface area contributed by atoms with Gasteiger partial charge in [0.05, 0.1) is 17.1 Å². The van der Waals surface area contributed by atoms with Gasteiger partial charge in [-0.25, -0.2) is 9.37 Å². The summed E-state index contributed by atoms with van der Waals surface area (Å²) in [5, 5.41) is 10.9. The number of fused-ring (bicyclic) bond motifs is 2. The molecule has 1 saturated carbocycles. The molecule has 2 N–H and O–H groups in total. The van der Waals surface area contributed by atoms with E-state index in [2.05, 4.69) is 75.8 Å². The molecule has 0 radical (unpaired) electrons. The van der Waals surface area contributed by atoms with Crippen molar-refractivity contribution in [2.75, 3.05) is 5.32 Å². The number of anilines is 1. The van der Waals surface area contributed by atoms with E-state index in [0.29, 0.717) is 35.1 Å². The van der Waals surface area contributed by atoms with Gasteiger partial charge in [-0.3, -0.25) is 0 Å². The van der Waals surface area contributed by atoms with Gasteiger partial charge in [0, 0.05) is 56.2 Å². The maximum Gasteiger partial charge on any atom is 0.412 e. The minimum absolute atomic E-state index is 0.0415. The molecular weight excluding hydrogens is 711 g/mol. The second-order valence-electron chi connectivity index (χ2n) is 16.2. The quantitative estimate of drug-likeness (QED) is 0.0993. The average Bonchev–Trinajstić information content (AvgIpc) is 3.64. The van der Waals surface area contributed by atoms with Crippen molar-refractivity contribution in [2.24, 2.45) is 5.92 Å². The van der Waals surface area contributed by atoms with Crippen LogP contribution in [0.1, 0.15) is 114 Å². The molecule has 1 aliphatic heterocycles. The van der Waals surface area contributed by atoms with Gasteiger partial charge in [-0.1, -0.05) is 89.6 Å². The first kappa shape index (κ1) is 39.4. The van der Waals surface area contributed by atoms with E-state index in [1.165, 1.54) is 79.5 Å². The molecule has 9 heteroatoms. The van der Waals surface area contributed by atoms with E-state index in [1.807, 2.05) is 0 Å². The first-order valence-electron chi connectivity index (χ1n) is 20.4. The maximum atomic E-state index is 14.2. The van der Waals surface area contributed by atoms with E-state index < -0.39 is 11.7 Å². The number of aryl methyl sites for hydroxylation is 1. The lowest BCUT2D eigenvalue weighted by atomic mass is 9.82. The number of alkyl halides is 3. The molecule has 1 saturated heterocycles. The van der Waals surface area contributed by atoms with Crippen LogP contribution in [0.25, 0.3) is 35.0 Å². The number of aromatic nitrogens is 3.